The van der Waals surface area contributed by atoms with Crippen LogP contribution in [0.2, 0.25) is 0 Å². The highest BCUT2D eigenvalue weighted by atomic mass is 32.2. The summed E-state index contributed by atoms with van der Waals surface area (Å²) in [5, 5.41) is 11.6. The Morgan fingerprint density at radius 3 is 1.92 bits per heavy atom. The van der Waals surface area contributed by atoms with Gasteiger partial charge in [-0.2, -0.15) is 21.1 Å². The minimum absolute atomic E-state index is 0.125. The number of terminal acetylenes is 1. The summed E-state index contributed by atoms with van der Waals surface area (Å²) in [6.45, 7) is 2.48. The Morgan fingerprint density at radius 2 is 1.51 bits per heavy atom. The van der Waals surface area contributed by atoms with Crippen molar-refractivity contribution in [2.75, 3.05) is 76.4 Å². The fourth-order valence-corrected chi connectivity index (χ4v) is 6.12. The molecule has 1 saturated heterocycles. The zero-order valence-electron chi connectivity index (χ0n) is 20.7. The number of hydrogen-bond acceptors (Lipinski definition) is 12. The van der Waals surface area contributed by atoms with Crippen LogP contribution in [0.1, 0.15) is 12.5 Å². The summed E-state index contributed by atoms with van der Waals surface area (Å²) in [6.07, 6.45) is 7.27. The molecule has 0 unspecified atom stereocenters. The van der Waals surface area contributed by atoms with E-state index in [-0.39, 0.29) is 37.4 Å². The molecule has 208 valence electrons. The number of piperazine rings is 1. The highest BCUT2D eigenvalue weighted by molar-refractivity contribution is 7.89. The molecule has 0 amide bonds. The van der Waals surface area contributed by atoms with E-state index in [0.717, 1.165) is 31.2 Å². The van der Waals surface area contributed by atoms with Crippen LogP contribution in [0.5, 0.6) is 0 Å². The van der Waals surface area contributed by atoms with Gasteiger partial charge >= 0.3 is 0 Å². The number of benzene rings is 1. The van der Waals surface area contributed by atoms with Crippen molar-refractivity contribution in [1.29, 1.82) is 0 Å². The summed E-state index contributed by atoms with van der Waals surface area (Å²) >= 11 is 0. The van der Waals surface area contributed by atoms with Crippen LogP contribution in [0, 0.1) is 22.5 Å². The van der Waals surface area contributed by atoms with E-state index in [0.29, 0.717) is 13.1 Å². The van der Waals surface area contributed by atoms with Gasteiger partial charge in [0.05, 0.1) is 41.9 Å². The van der Waals surface area contributed by atoms with Crippen LogP contribution in [0.3, 0.4) is 0 Å². The smallest absolute Gasteiger partial charge is 0.272 e. The van der Waals surface area contributed by atoms with Crippen molar-refractivity contribution in [3.8, 4) is 12.3 Å². The van der Waals surface area contributed by atoms with Gasteiger partial charge in [-0.05, 0) is 6.54 Å². The third kappa shape index (κ3) is 8.88. The third-order valence-electron chi connectivity index (χ3n) is 5.46. The molecular formula is C20H30N4O10S3. The third-order valence-corrected chi connectivity index (χ3v) is 8.56. The molecule has 0 spiro atoms. The second-order valence-corrected chi connectivity index (χ2v) is 13.3. The second-order valence-electron chi connectivity index (χ2n) is 8.12. The molecule has 0 N–H and O–H groups in total. The van der Waals surface area contributed by atoms with E-state index >= 15 is 0 Å². The van der Waals surface area contributed by atoms with Gasteiger partial charge in [0.15, 0.2) is 0 Å². The molecule has 1 aromatic rings. The van der Waals surface area contributed by atoms with Crippen molar-refractivity contribution < 1.29 is 38.5 Å². The normalized spacial score (nSPS) is 15.8. The number of hydrogen-bond donors (Lipinski definition) is 0. The SMILES string of the molecule is C#Cc1cc([N+](=O)[O-])cc(S(=O)(=O)N2CCN(CC)CC2)c1N(CCOS(C)(=O)=O)CCOS(C)(=O)=O. The second kappa shape index (κ2) is 12.5. The van der Waals surface area contributed by atoms with E-state index in [2.05, 4.69) is 5.92 Å². The highest BCUT2D eigenvalue weighted by Crippen LogP contribution is 2.35. The van der Waals surface area contributed by atoms with E-state index in [1.165, 1.54) is 9.21 Å². The summed E-state index contributed by atoms with van der Waals surface area (Å²) in [5.41, 5.74) is -0.832. The Hall–Kier alpha value is -2.33. The molecule has 1 aliphatic heterocycles. The first-order chi connectivity index (χ1) is 17.1. The summed E-state index contributed by atoms with van der Waals surface area (Å²) in [4.78, 5) is 13.7. The van der Waals surface area contributed by atoms with Gasteiger partial charge in [0.1, 0.15) is 4.90 Å². The van der Waals surface area contributed by atoms with Crippen LogP contribution < -0.4 is 4.90 Å². The lowest BCUT2D eigenvalue weighted by Gasteiger charge is -2.34. The van der Waals surface area contributed by atoms with Gasteiger partial charge in [-0.15, -0.1) is 6.42 Å². The number of nitro groups is 1. The molecule has 1 heterocycles. The highest BCUT2D eigenvalue weighted by Gasteiger charge is 2.34. The maximum atomic E-state index is 13.8. The summed E-state index contributed by atoms with van der Waals surface area (Å²) in [5.74, 6) is 2.26. The first-order valence-corrected chi connectivity index (χ1v) is 16.1. The molecule has 1 fully saturated rings. The monoisotopic (exact) mass is 582 g/mol. The van der Waals surface area contributed by atoms with Gasteiger partial charge in [-0.3, -0.25) is 18.5 Å². The number of likely N-dealkylation sites (N-methyl/N-ethyl adjacent to an activating group) is 1. The minimum atomic E-state index is -4.32. The topological polar surface area (TPSA) is 174 Å². The van der Waals surface area contributed by atoms with Crippen molar-refractivity contribution in [1.82, 2.24) is 9.21 Å². The molecule has 0 aromatic heterocycles. The Balaban J connectivity index is 2.64. The lowest BCUT2D eigenvalue weighted by atomic mass is 10.1. The van der Waals surface area contributed by atoms with Crippen LogP contribution in [-0.4, -0.2) is 111 Å². The largest absolute Gasteiger partial charge is 0.365 e. The fraction of sp³-hybridized carbons (Fsp3) is 0.600. The number of sulfonamides is 1. The Kier molecular flexibility index (Phi) is 10.4. The van der Waals surface area contributed by atoms with Gasteiger partial charge < -0.3 is 9.80 Å². The lowest BCUT2D eigenvalue weighted by Crippen LogP contribution is -2.48. The molecule has 14 nitrogen and oxygen atoms in total. The maximum Gasteiger partial charge on any atom is 0.272 e. The van der Waals surface area contributed by atoms with E-state index in [9.17, 15) is 35.4 Å². The van der Waals surface area contributed by atoms with Crippen molar-refractivity contribution in [3.05, 3.63) is 27.8 Å². The number of non-ortho nitro benzene ring substituents is 1. The van der Waals surface area contributed by atoms with Gasteiger partial charge in [0.2, 0.25) is 10.0 Å². The molecule has 1 aromatic carbocycles. The molecule has 0 bridgehead atoms. The lowest BCUT2D eigenvalue weighted by molar-refractivity contribution is -0.385. The quantitative estimate of drug-likeness (QED) is 0.128. The molecule has 0 radical (unpaired) electrons. The van der Waals surface area contributed by atoms with Crippen LogP contribution in [0.15, 0.2) is 17.0 Å². The molecule has 0 atom stereocenters. The van der Waals surface area contributed by atoms with Crippen LogP contribution in [0.4, 0.5) is 11.4 Å². The van der Waals surface area contributed by atoms with Gasteiger partial charge in [-0.25, -0.2) is 8.42 Å². The molecule has 17 heteroatoms. The Bertz CT molecular complexity index is 1310. The average Bonchev–Trinajstić information content (AvgIpc) is 2.80. The standard InChI is InChI=1S/C20H30N4O10S3/c1-5-17-15-18(24(25)26)16-19(37(31,32)23-9-7-21(6-2)8-10-23)20(17)22(11-13-33-35(3,27)28)12-14-34-36(4,29)30/h1,15-16H,6-14H2,2-4H3. The first-order valence-electron chi connectivity index (χ1n) is 11.0. The van der Waals surface area contributed by atoms with Crippen molar-refractivity contribution in [3.63, 3.8) is 0 Å². The van der Waals surface area contributed by atoms with Gasteiger partial charge in [-0.1, -0.05) is 12.8 Å². The van der Waals surface area contributed by atoms with E-state index in [1.807, 2.05) is 11.8 Å². The molecular weight excluding hydrogens is 552 g/mol. The fourth-order valence-electron chi connectivity index (χ4n) is 3.69. The van der Waals surface area contributed by atoms with Crippen LogP contribution in [-0.2, 0) is 38.6 Å². The number of nitro benzene ring substituents is 1. The predicted octanol–water partition coefficient (Wildman–Crippen LogP) is -0.339. The van der Waals surface area contributed by atoms with E-state index in [4.69, 9.17) is 14.8 Å². The molecule has 37 heavy (non-hydrogen) atoms. The van der Waals surface area contributed by atoms with Crippen LogP contribution in [0.25, 0.3) is 0 Å². The first kappa shape index (κ1) is 30.9. The average molecular weight is 583 g/mol. The molecule has 0 saturated carbocycles. The Morgan fingerprint density at radius 1 is 1.00 bits per heavy atom. The molecule has 2 rings (SSSR count). The zero-order valence-corrected chi connectivity index (χ0v) is 23.1. The zero-order chi connectivity index (χ0) is 28.0. The summed E-state index contributed by atoms with van der Waals surface area (Å²) in [6, 6.07) is 1.91. The molecule has 0 aliphatic carbocycles. The number of nitrogens with zero attached hydrogens (tertiary/aromatic N) is 4. The molecule has 1 aliphatic rings. The predicted molar refractivity (Wildman–Crippen MR) is 136 cm³/mol. The van der Waals surface area contributed by atoms with E-state index < -0.39 is 59.0 Å². The minimum Gasteiger partial charge on any atom is -0.365 e. The summed E-state index contributed by atoms with van der Waals surface area (Å²) in [7, 11) is -12.0. The van der Waals surface area contributed by atoms with Crippen molar-refractivity contribution in [2.45, 2.75) is 11.8 Å². The summed E-state index contributed by atoms with van der Waals surface area (Å²) < 4.78 is 84.1. The van der Waals surface area contributed by atoms with Crippen LogP contribution >= 0.6 is 0 Å². The van der Waals surface area contributed by atoms with Gasteiger partial charge in [0, 0.05) is 51.4 Å². The number of rotatable bonds is 13. The van der Waals surface area contributed by atoms with Crippen molar-refractivity contribution in [2.24, 2.45) is 0 Å². The maximum absolute atomic E-state index is 13.8. The van der Waals surface area contributed by atoms with Gasteiger partial charge in [0.25, 0.3) is 25.9 Å². The van der Waals surface area contributed by atoms with E-state index in [1.54, 1.807) is 0 Å². The van der Waals surface area contributed by atoms with Crippen molar-refractivity contribution >= 4 is 41.6 Å². The Labute approximate surface area is 217 Å². The number of anilines is 1.